The lowest BCUT2D eigenvalue weighted by atomic mass is 10.0. The molecular weight excluding hydrogens is 257 g/mol. The van der Waals surface area contributed by atoms with E-state index in [1.54, 1.807) is 6.92 Å². The second-order valence-corrected chi connectivity index (χ2v) is 4.56. The maximum atomic E-state index is 12.8. The van der Waals surface area contributed by atoms with Gasteiger partial charge in [0.2, 0.25) is 5.91 Å². The zero-order valence-electron chi connectivity index (χ0n) is 10.8. The van der Waals surface area contributed by atoms with Gasteiger partial charge in [-0.25, -0.2) is 0 Å². The molecule has 0 saturated heterocycles. The Kier molecular flexibility index (Phi) is 4.94. The van der Waals surface area contributed by atoms with Crippen LogP contribution in [0, 0.1) is 0 Å². The largest absolute Gasteiger partial charge is 0.416 e. The molecule has 2 unspecified atom stereocenters. The van der Waals surface area contributed by atoms with Gasteiger partial charge in [0, 0.05) is 12.5 Å². The van der Waals surface area contributed by atoms with Crippen molar-refractivity contribution in [1.29, 1.82) is 0 Å². The van der Waals surface area contributed by atoms with Crippen LogP contribution in [0.2, 0.25) is 0 Å². The van der Waals surface area contributed by atoms with E-state index in [9.17, 15) is 18.0 Å². The normalized spacial score (nSPS) is 14.8. The summed E-state index contributed by atoms with van der Waals surface area (Å²) in [6.07, 6.45) is -4.35. The summed E-state index contributed by atoms with van der Waals surface area (Å²) in [6.45, 7) is 3.18. The molecule has 0 bridgehead atoms. The first-order valence-electron chi connectivity index (χ1n) is 5.93. The van der Waals surface area contributed by atoms with E-state index in [-0.39, 0.29) is 23.9 Å². The van der Waals surface area contributed by atoms with Gasteiger partial charge in [-0.05, 0) is 25.5 Å². The van der Waals surface area contributed by atoms with E-state index in [2.05, 4.69) is 5.32 Å². The summed E-state index contributed by atoms with van der Waals surface area (Å²) in [6, 6.07) is 4.15. The molecule has 3 nitrogen and oxygen atoms in total. The summed E-state index contributed by atoms with van der Waals surface area (Å²) in [7, 11) is 0. The Labute approximate surface area is 110 Å². The summed E-state index contributed by atoms with van der Waals surface area (Å²) in [5.74, 6) is -0.362. The molecule has 0 fully saturated rings. The summed E-state index contributed by atoms with van der Waals surface area (Å²) < 4.78 is 38.5. The number of amides is 1. The fourth-order valence-corrected chi connectivity index (χ4v) is 1.80. The van der Waals surface area contributed by atoms with Crippen LogP contribution in [-0.4, -0.2) is 11.9 Å². The number of nitrogens with two attached hydrogens (primary N) is 1. The number of carbonyl (C=O) groups is 1. The van der Waals surface area contributed by atoms with Gasteiger partial charge >= 0.3 is 6.18 Å². The third-order valence-electron chi connectivity index (χ3n) is 2.62. The van der Waals surface area contributed by atoms with E-state index in [4.69, 9.17) is 5.73 Å². The number of alkyl halides is 3. The van der Waals surface area contributed by atoms with Gasteiger partial charge in [-0.1, -0.05) is 18.2 Å². The average Bonchev–Trinajstić information content (AvgIpc) is 2.26. The molecule has 2 atom stereocenters. The summed E-state index contributed by atoms with van der Waals surface area (Å²) in [5.41, 5.74) is 4.78. The van der Waals surface area contributed by atoms with E-state index in [0.717, 1.165) is 6.07 Å². The highest BCUT2D eigenvalue weighted by atomic mass is 19.4. The van der Waals surface area contributed by atoms with Crippen LogP contribution in [0.3, 0.4) is 0 Å². The third kappa shape index (κ3) is 4.55. The number of nitrogens with one attached hydrogen (secondary N) is 1. The van der Waals surface area contributed by atoms with Gasteiger partial charge in [0.25, 0.3) is 0 Å². The molecule has 0 heterocycles. The highest BCUT2D eigenvalue weighted by Gasteiger charge is 2.34. The zero-order valence-corrected chi connectivity index (χ0v) is 10.8. The second kappa shape index (κ2) is 6.06. The topological polar surface area (TPSA) is 55.1 Å². The molecule has 0 spiro atoms. The Morgan fingerprint density at radius 3 is 2.42 bits per heavy atom. The van der Waals surface area contributed by atoms with Crippen molar-refractivity contribution >= 4 is 5.91 Å². The molecule has 0 radical (unpaired) electrons. The molecule has 6 heteroatoms. The van der Waals surface area contributed by atoms with Crippen LogP contribution in [0.25, 0.3) is 0 Å². The Bertz CT molecular complexity index is 444. The lowest BCUT2D eigenvalue weighted by Gasteiger charge is -2.20. The van der Waals surface area contributed by atoms with Crippen LogP contribution in [0.5, 0.6) is 0 Å². The number of hydrogen-bond acceptors (Lipinski definition) is 2. The van der Waals surface area contributed by atoms with E-state index >= 15 is 0 Å². The van der Waals surface area contributed by atoms with Crippen LogP contribution in [0.1, 0.15) is 37.4 Å². The van der Waals surface area contributed by atoms with Gasteiger partial charge in [0.15, 0.2) is 0 Å². The molecule has 106 valence electrons. The molecule has 3 N–H and O–H groups in total. The monoisotopic (exact) mass is 274 g/mol. The fourth-order valence-electron chi connectivity index (χ4n) is 1.80. The zero-order chi connectivity index (χ0) is 14.6. The molecule has 0 aliphatic rings. The van der Waals surface area contributed by atoms with Crippen LogP contribution in [-0.2, 0) is 11.0 Å². The van der Waals surface area contributed by atoms with E-state index in [1.165, 1.54) is 25.1 Å². The molecule has 19 heavy (non-hydrogen) atoms. The third-order valence-corrected chi connectivity index (χ3v) is 2.62. The molecule has 0 aromatic heterocycles. The SMILES string of the molecule is CC(N)CC(=O)NC(C)c1ccccc1C(F)(F)F. The first kappa shape index (κ1) is 15.5. The molecule has 0 saturated carbocycles. The van der Waals surface area contributed by atoms with Crippen molar-refractivity contribution in [2.75, 3.05) is 0 Å². The Morgan fingerprint density at radius 1 is 1.32 bits per heavy atom. The maximum absolute atomic E-state index is 12.8. The molecule has 1 aromatic carbocycles. The number of rotatable bonds is 4. The first-order valence-corrected chi connectivity index (χ1v) is 5.93. The molecule has 0 aliphatic heterocycles. The minimum Gasteiger partial charge on any atom is -0.350 e. The molecular formula is C13H17F3N2O. The Balaban J connectivity index is 2.88. The quantitative estimate of drug-likeness (QED) is 0.886. The van der Waals surface area contributed by atoms with Gasteiger partial charge in [-0.2, -0.15) is 13.2 Å². The van der Waals surface area contributed by atoms with Crippen molar-refractivity contribution in [3.8, 4) is 0 Å². The molecule has 0 aliphatic carbocycles. The van der Waals surface area contributed by atoms with Crippen LogP contribution >= 0.6 is 0 Å². The Hall–Kier alpha value is -1.56. The van der Waals surface area contributed by atoms with Crippen molar-refractivity contribution in [3.05, 3.63) is 35.4 Å². The van der Waals surface area contributed by atoms with Crippen molar-refractivity contribution in [2.24, 2.45) is 5.73 Å². The smallest absolute Gasteiger partial charge is 0.350 e. The van der Waals surface area contributed by atoms with Gasteiger partial charge < -0.3 is 11.1 Å². The average molecular weight is 274 g/mol. The van der Waals surface area contributed by atoms with Crippen LogP contribution in [0.15, 0.2) is 24.3 Å². The van der Waals surface area contributed by atoms with Crippen LogP contribution in [0.4, 0.5) is 13.2 Å². The van der Waals surface area contributed by atoms with Crippen molar-refractivity contribution < 1.29 is 18.0 Å². The minimum absolute atomic E-state index is 0.0491. The van der Waals surface area contributed by atoms with Gasteiger partial charge in [0.05, 0.1) is 11.6 Å². The van der Waals surface area contributed by atoms with Crippen molar-refractivity contribution in [2.45, 2.75) is 38.5 Å². The van der Waals surface area contributed by atoms with Crippen molar-refractivity contribution in [1.82, 2.24) is 5.32 Å². The highest BCUT2D eigenvalue weighted by Crippen LogP contribution is 2.34. The van der Waals surface area contributed by atoms with E-state index < -0.39 is 17.8 Å². The predicted octanol–water partition coefficient (Wildman–Crippen LogP) is 2.62. The summed E-state index contributed by atoms with van der Waals surface area (Å²) in [5, 5.41) is 2.52. The maximum Gasteiger partial charge on any atom is 0.416 e. The number of carbonyl (C=O) groups excluding carboxylic acids is 1. The molecule has 1 aromatic rings. The highest BCUT2D eigenvalue weighted by molar-refractivity contribution is 5.77. The number of benzene rings is 1. The number of hydrogen-bond donors (Lipinski definition) is 2. The molecule has 1 rings (SSSR count). The lowest BCUT2D eigenvalue weighted by Crippen LogP contribution is -2.32. The predicted molar refractivity (Wildman–Crippen MR) is 66.3 cm³/mol. The molecule has 1 amide bonds. The fraction of sp³-hybridized carbons (Fsp3) is 0.462. The second-order valence-electron chi connectivity index (χ2n) is 4.56. The van der Waals surface area contributed by atoms with Crippen LogP contribution < -0.4 is 11.1 Å². The van der Waals surface area contributed by atoms with Gasteiger partial charge in [-0.3, -0.25) is 4.79 Å². The van der Waals surface area contributed by atoms with Gasteiger partial charge in [0.1, 0.15) is 0 Å². The van der Waals surface area contributed by atoms with Crippen molar-refractivity contribution in [3.63, 3.8) is 0 Å². The summed E-state index contributed by atoms with van der Waals surface area (Å²) in [4.78, 5) is 11.5. The van der Waals surface area contributed by atoms with E-state index in [0.29, 0.717) is 0 Å². The minimum atomic E-state index is -4.43. The number of halogens is 3. The standard InChI is InChI=1S/C13H17F3N2O/c1-8(17)7-12(19)18-9(2)10-5-3-4-6-11(10)13(14,15)16/h3-6,8-9H,7,17H2,1-2H3,(H,18,19). The first-order chi connectivity index (χ1) is 8.71. The Morgan fingerprint density at radius 2 is 1.89 bits per heavy atom. The lowest BCUT2D eigenvalue weighted by molar-refractivity contribution is -0.138. The van der Waals surface area contributed by atoms with E-state index in [1.807, 2.05) is 0 Å². The van der Waals surface area contributed by atoms with Gasteiger partial charge in [-0.15, -0.1) is 0 Å². The summed E-state index contributed by atoms with van der Waals surface area (Å²) >= 11 is 0.